The number of allylic oxidation sites excluding steroid dienone is 2. The van der Waals surface area contributed by atoms with Crippen LogP contribution in [0.2, 0.25) is 0 Å². The van der Waals surface area contributed by atoms with Crippen LogP contribution in [0.3, 0.4) is 0 Å². The monoisotopic (exact) mass is 140 g/mol. The van der Waals surface area contributed by atoms with Gasteiger partial charge >= 0.3 is 0 Å². The molecule has 0 heterocycles. The van der Waals surface area contributed by atoms with Gasteiger partial charge in [0.1, 0.15) is 0 Å². The number of aliphatic hydroxyl groups is 1. The first-order chi connectivity index (χ1) is 4.81. The van der Waals surface area contributed by atoms with Crippen LogP contribution in [0.5, 0.6) is 0 Å². The Balaban J connectivity index is 3.11. The Morgan fingerprint density at radius 3 is 2.70 bits per heavy atom. The van der Waals surface area contributed by atoms with E-state index in [-0.39, 0.29) is 0 Å². The maximum atomic E-state index is 8.51. The molecule has 0 aromatic carbocycles. The summed E-state index contributed by atoms with van der Waals surface area (Å²) >= 11 is 0. The molecule has 0 fully saturated rings. The Morgan fingerprint density at radius 2 is 2.20 bits per heavy atom. The fraction of sp³-hybridized carbons (Fsp3) is 0.556. The van der Waals surface area contributed by atoms with Gasteiger partial charge < -0.3 is 5.11 Å². The molecule has 1 heteroatoms. The van der Waals surface area contributed by atoms with Gasteiger partial charge in [-0.1, -0.05) is 6.08 Å². The molecule has 1 N–H and O–H groups in total. The van der Waals surface area contributed by atoms with E-state index in [2.05, 4.69) is 6.58 Å². The molecule has 0 saturated heterocycles. The zero-order valence-corrected chi connectivity index (χ0v) is 6.64. The second-order valence-electron chi connectivity index (χ2n) is 2.51. The third-order valence-electron chi connectivity index (χ3n) is 1.45. The van der Waals surface area contributed by atoms with E-state index in [9.17, 15) is 0 Å². The smallest absolute Gasteiger partial charge is 0.0780 e. The van der Waals surface area contributed by atoms with Gasteiger partial charge in [-0.15, -0.1) is 6.58 Å². The third-order valence-corrected chi connectivity index (χ3v) is 1.45. The van der Waals surface area contributed by atoms with E-state index in [1.165, 1.54) is 12.7 Å². The number of aliphatic hydroxyl groups excluding tert-OH is 1. The van der Waals surface area contributed by atoms with Crippen molar-refractivity contribution in [2.45, 2.75) is 32.6 Å². The van der Waals surface area contributed by atoms with Crippen molar-refractivity contribution in [3.8, 4) is 0 Å². The minimum Gasteiger partial charge on any atom is -0.516 e. The molecule has 0 radical (unpaired) electrons. The Hall–Kier alpha value is -0.720. The summed E-state index contributed by atoms with van der Waals surface area (Å²) in [6.45, 7) is 5.57. The molecule has 0 atom stereocenters. The summed E-state index contributed by atoms with van der Waals surface area (Å²) in [5.41, 5.74) is 1.06. The minimum atomic E-state index is 1.00. The average Bonchev–Trinajstić information content (AvgIpc) is 1.98. The summed E-state index contributed by atoms with van der Waals surface area (Å²) in [6.07, 6.45) is 7.53. The van der Waals surface area contributed by atoms with E-state index in [0.717, 1.165) is 24.8 Å². The Bertz CT molecular complexity index is 114. The lowest BCUT2D eigenvalue weighted by Crippen LogP contribution is -1.78. The van der Waals surface area contributed by atoms with Crippen molar-refractivity contribution < 1.29 is 5.11 Å². The molecule has 0 unspecified atom stereocenters. The fourth-order valence-electron chi connectivity index (χ4n) is 0.757. The van der Waals surface area contributed by atoms with Gasteiger partial charge in [-0.3, -0.25) is 0 Å². The van der Waals surface area contributed by atoms with Gasteiger partial charge in [0, 0.05) is 0 Å². The number of hydrogen-bond acceptors (Lipinski definition) is 1. The lowest BCUT2D eigenvalue weighted by atomic mass is 10.1. The highest BCUT2D eigenvalue weighted by Crippen LogP contribution is 2.06. The third kappa shape index (κ3) is 5.42. The van der Waals surface area contributed by atoms with Crippen LogP contribution in [0.25, 0.3) is 0 Å². The number of unbranched alkanes of at least 4 members (excludes halogenated alkanes) is 2. The van der Waals surface area contributed by atoms with Gasteiger partial charge in [0.25, 0.3) is 0 Å². The van der Waals surface area contributed by atoms with E-state index in [1.807, 2.05) is 13.0 Å². The van der Waals surface area contributed by atoms with Crippen molar-refractivity contribution in [1.29, 1.82) is 0 Å². The molecular weight excluding hydrogens is 124 g/mol. The summed E-state index contributed by atoms with van der Waals surface area (Å²) in [5.74, 6) is 0. The maximum absolute atomic E-state index is 8.51. The van der Waals surface area contributed by atoms with Crippen LogP contribution in [0.4, 0.5) is 0 Å². The molecular formula is C9H16O. The van der Waals surface area contributed by atoms with Crippen molar-refractivity contribution in [3.05, 3.63) is 24.5 Å². The molecule has 58 valence electrons. The summed E-state index contributed by atoms with van der Waals surface area (Å²) in [5, 5.41) is 8.51. The lowest BCUT2D eigenvalue weighted by molar-refractivity contribution is 0.463. The zero-order chi connectivity index (χ0) is 7.82. The van der Waals surface area contributed by atoms with Crippen molar-refractivity contribution >= 4 is 0 Å². The van der Waals surface area contributed by atoms with Crippen LogP contribution in [-0.4, -0.2) is 5.11 Å². The molecule has 0 rings (SSSR count). The van der Waals surface area contributed by atoms with Crippen LogP contribution >= 0.6 is 0 Å². The lowest BCUT2D eigenvalue weighted by Gasteiger charge is -1.96. The Kier molecular flexibility index (Phi) is 5.94. The first-order valence-corrected chi connectivity index (χ1v) is 3.72. The molecule has 0 aromatic rings. The molecule has 0 aliphatic carbocycles. The van der Waals surface area contributed by atoms with E-state index in [1.54, 1.807) is 0 Å². The molecule has 0 amide bonds. The average molecular weight is 140 g/mol. The second kappa shape index (κ2) is 6.40. The van der Waals surface area contributed by atoms with Gasteiger partial charge in [-0.25, -0.2) is 0 Å². The summed E-state index contributed by atoms with van der Waals surface area (Å²) < 4.78 is 0. The zero-order valence-electron chi connectivity index (χ0n) is 6.64. The first kappa shape index (κ1) is 9.28. The standard InChI is InChI=1S/C9H16O/c1-3-4-5-6-7-9(2)8-10/h3,8,10H,1,4-7H2,2H3/b9-8+. The van der Waals surface area contributed by atoms with Crippen LogP contribution < -0.4 is 0 Å². The van der Waals surface area contributed by atoms with Gasteiger partial charge in [-0.05, 0) is 38.2 Å². The first-order valence-electron chi connectivity index (χ1n) is 3.72. The van der Waals surface area contributed by atoms with E-state index >= 15 is 0 Å². The highest BCUT2D eigenvalue weighted by molar-refractivity contribution is 4.91. The Labute approximate surface area is 63.1 Å². The van der Waals surface area contributed by atoms with Crippen LogP contribution in [0.15, 0.2) is 24.5 Å². The number of hydrogen-bond donors (Lipinski definition) is 1. The molecule has 10 heavy (non-hydrogen) atoms. The van der Waals surface area contributed by atoms with Crippen LogP contribution in [-0.2, 0) is 0 Å². The fourth-order valence-corrected chi connectivity index (χ4v) is 0.757. The van der Waals surface area contributed by atoms with Crippen LogP contribution in [0.1, 0.15) is 32.6 Å². The normalized spacial score (nSPS) is 11.5. The molecule has 0 spiro atoms. The minimum absolute atomic E-state index is 1.00. The van der Waals surface area contributed by atoms with Crippen molar-refractivity contribution in [2.24, 2.45) is 0 Å². The van der Waals surface area contributed by atoms with Crippen LogP contribution in [0, 0.1) is 0 Å². The molecule has 0 saturated carbocycles. The summed E-state index contributed by atoms with van der Waals surface area (Å²) in [6, 6.07) is 0. The maximum Gasteiger partial charge on any atom is 0.0780 e. The van der Waals surface area contributed by atoms with E-state index in [0.29, 0.717) is 0 Å². The molecule has 1 nitrogen and oxygen atoms in total. The summed E-state index contributed by atoms with van der Waals surface area (Å²) in [7, 11) is 0. The SMILES string of the molecule is C=CCCCC/C(C)=C/O. The largest absolute Gasteiger partial charge is 0.516 e. The molecule has 0 bridgehead atoms. The summed E-state index contributed by atoms with van der Waals surface area (Å²) in [4.78, 5) is 0. The van der Waals surface area contributed by atoms with Crippen molar-refractivity contribution in [2.75, 3.05) is 0 Å². The molecule has 0 aromatic heterocycles. The predicted octanol–water partition coefficient (Wildman–Crippen LogP) is 3.19. The van der Waals surface area contributed by atoms with E-state index < -0.39 is 0 Å². The van der Waals surface area contributed by atoms with Gasteiger partial charge in [-0.2, -0.15) is 0 Å². The van der Waals surface area contributed by atoms with E-state index in [4.69, 9.17) is 5.11 Å². The van der Waals surface area contributed by atoms with Crippen molar-refractivity contribution in [3.63, 3.8) is 0 Å². The van der Waals surface area contributed by atoms with Crippen molar-refractivity contribution in [1.82, 2.24) is 0 Å². The molecule has 0 aliphatic rings. The quantitative estimate of drug-likeness (QED) is 0.353. The predicted molar refractivity (Wildman–Crippen MR) is 45.1 cm³/mol. The Morgan fingerprint density at radius 1 is 1.50 bits per heavy atom. The highest BCUT2D eigenvalue weighted by Gasteiger charge is 1.88. The second-order valence-corrected chi connectivity index (χ2v) is 2.51. The van der Waals surface area contributed by atoms with Gasteiger partial charge in [0.05, 0.1) is 6.26 Å². The number of rotatable bonds is 5. The van der Waals surface area contributed by atoms with Gasteiger partial charge in [0.2, 0.25) is 0 Å². The highest BCUT2D eigenvalue weighted by atomic mass is 16.2. The van der Waals surface area contributed by atoms with Gasteiger partial charge in [0.15, 0.2) is 0 Å². The molecule has 0 aliphatic heterocycles. The topological polar surface area (TPSA) is 20.2 Å².